The molecule has 0 bridgehead atoms. The summed E-state index contributed by atoms with van der Waals surface area (Å²) in [5, 5.41) is 0.663. The Kier molecular flexibility index (Phi) is 4.56. The molecule has 2 rings (SSSR count). The molecule has 0 N–H and O–H groups in total. The summed E-state index contributed by atoms with van der Waals surface area (Å²) in [6, 6.07) is 4.20. The Morgan fingerprint density at radius 2 is 1.75 bits per heavy atom. The molecule has 106 valence electrons. The summed E-state index contributed by atoms with van der Waals surface area (Å²) in [5.41, 5.74) is 1.15. The Morgan fingerprint density at radius 1 is 1.10 bits per heavy atom. The van der Waals surface area contributed by atoms with E-state index in [4.69, 9.17) is 23.2 Å². The Morgan fingerprint density at radius 3 is 2.30 bits per heavy atom. The van der Waals surface area contributed by atoms with Crippen molar-refractivity contribution >= 4 is 45.8 Å². The van der Waals surface area contributed by atoms with Gasteiger partial charge in [0.2, 0.25) is 0 Å². The van der Waals surface area contributed by atoms with Crippen molar-refractivity contribution in [3.8, 4) is 11.4 Å². The summed E-state index contributed by atoms with van der Waals surface area (Å²) >= 11 is 14.2. The minimum absolute atomic E-state index is 0.186. The fourth-order valence-electron chi connectivity index (χ4n) is 1.73. The van der Waals surface area contributed by atoms with Crippen LogP contribution >= 0.6 is 45.8 Å². The van der Waals surface area contributed by atoms with Gasteiger partial charge < -0.3 is 0 Å². The third kappa shape index (κ3) is 3.40. The van der Waals surface area contributed by atoms with Gasteiger partial charge in [-0.25, -0.2) is 14.4 Å². The lowest BCUT2D eigenvalue weighted by Crippen LogP contribution is -2.17. The van der Waals surface area contributed by atoms with Gasteiger partial charge in [-0.3, -0.25) is 0 Å². The number of nitrogens with zero attached hydrogens (tertiary/aromatic N) is 2. The molecule has 0 atom stereocenters. The molecule has 0 aliphatic rings. The van der Waals surface area contributed by atoms with Crippen molar-refractivity contribution < 1.29 is 4.39 Å². The first-order valence-electron chi connectivity index (χ1n) is 5.88. The predicted molar refractivity (Wildman–Crippen MR) is 88.9 cm³/mol. The second kappa shape index (κ2) is 5.73. The van der Waals surface area contributed by atoms with Crippen molar-refractivity contribution in [2.45, 2.75) is 26.2 Å². The lowest BCUT2D eigenvalue weighted by Gasteiger charge is -2.20. The van der Waals surface area contributed by atoms with Crippen LogP contribution in [0.25, 0.3) is 11.4 Å². The van der Waals surface area contributed by atoms with Crippen LogP contribution in [0.1, 0.15) is 26.5 Å². The lowest BCUT2D eigenvalue weighted by atomic mass is 9.92. The van der Waals surface area contributed by atoms with E-state index in [0.717, 1.165) is 9.26 Å². The van der Waals surface area contributed by atoms with Gasteiger partial charge >= 0.3 is 0 Å². The Hall–Kier alpha value is -0.460. The maximum atomic E-state index is 13.5. The van der Waals surface area contributed by atoms with Gasteiger partial charge in [-0.2, -0.15) is 0 Å². The van der Waals surface area contributed by atoms with Gasteiger partial charge in [-0.15, -0.1) is 0 Å². The van der Waals surface area contributed by atoms with Crippen molar-refractivity contribution in [3.63, 3.8) is 0 Å². The maximum absolute atomic E-state index is 13.5. The van der Waals surface area contributed by atoms with Gasteiger partial charge in [0.15, 0.2) is 5.82 Å². The number of halogens is 4. The second-order valence-corrected chi connectivity index (χ2v) is 7.28. The van der Waals surface area contributed by atoms with E-state index in [1.54, 1.807) is 6.07 Å². The van der Waals surface area contributed by atoms with E-state index in [-0.39, 0.29) is 5.41 Å². The van der Waals surface area contributed by atoms with Crippen LogP contribution in [0.2, 0.25) is 10.2 Å². The fraction of sp³-hybridized carbons (Fsp3) is 0.286. The number of rotatable bonds is 1. The number of benzene rings is 1. The van der Waals surface area contributed by atoms with E-state index < -0.39 is 5.82 Å². The highest BCUT2D eigenvalue weighted by Gasteiger charge is 2.23. The van der Waals surface area contributed by atoms with Crippen molar-refractivity contribution in [1.29, 1.82) is 0 Å². The molecule has 0 aliphatic carbocycles. The first kappa shape index (κ1) is 15.9. The van der Waals surface area contributed by atoms with Crippen LogP contribution in [0.5, 0.6) is 0 Å². The van der Waals surface area contributed by atoms with Crippen molar-refractivity contribution in [1.82, 2.24) is 9.97 Å². The molecule has 2 aromatic rings. The molecule has 0 aliphatic heterocycles. The normalized spacial score (nSPS) is 11.8. The first-order valence-corrected chi connectivity index (χ1v) is 7.72. The largest absolute Gasteiger partial charge is 0.231 e. The van der Waals surface area contributed by atoms with Gasteiger partial charge in [-0.1, -0.05) is 44.0 Å². The van der Waals surface area contributed by atoms with Gasteiger partial charge in [0.25, 0.3) is 0 Å². The molecule has 0 amide bonds. The molecule has 0 unspecified atom stereocenters. The van der Waals surface area contributed by atoms with Crippen molar-refractivity contribution in [3.05, 3.63) is 43.5 Å². The molecular formula is C14H12Cl2FIN2. The molecule has 0 saturated carbocycles. The van der Waals surface area contributed by atoms with Crippen LogP contribution in [0, 0.1) is 9.39 Å². The fourth-order valence-corrected chi connectivity index (χ4v) is 3.17. The highest BCUT2D eigenvalue weighted by molar-refractivity contribution is 14.1. The standard InChI is InChI=1S/C14H12Cl2FIN2/c1-14(2,3)11-10(18)12(16)20-13(19-11)7-4-8(15)6-9(17)5-7/h4-6H,1-3H3. The van der Waals surface area contributed by atoms with Gasteiger partial charge in [0.05, 0.1) is 9.26 Å². The van der Waals surface area contributed by atoms with Crippen LogP contribution in [0.3, 0.4) is 0 Å². The maximum Gasteiger partial charge on any atom is 0.161 e. The smallest absolute Gasteiger partial charge is 0.161 e. The van der Waals surface area contributed by atoms with E-state index >= 15 is 0 Å². The highest BCUT2D eigenvalue weighted by Crippen LogP contribution is 2.32. The third-order valence-electron chi connectivity index (χ3n) is 2.64. The molecular weight excluding hydrogens is 413 g/mol. The SMILES string of the molecule is CC(C)(C)c1nc(-c2cc(F)cc(Cl)c2)nc(Cl)c1I. The van der Waals surface area contributed by atoms with Crippen LogP contribution < -0.4 is 0 Å². The predicted octanol–water partition coefficient (Wildman–Crippen LogP) is 5.49. The second-order valence-electron chi connectivity index (χ2n) is 5.41. The summed E-state index contributed by atoms with van der Waals surface area (Å²) < 4.78 is 14.3. The van der Waals surface area contributed by atoms with Gasteiger partial charge in [0.1, 0.15) is 11.0 Å². The summed E-state index contributed by atoms with van der Waals surface area (Å²) in [6.45, 7) is 6.11. The molecule has 6 heteroatoms. The Balaban J connectivity index is 2.67. The minimum atomic E-state index is -0.428. The van der Waals surface area contributed by atoms with Crippen LogP contribution in [-0.4, -0.2) is 9.97 Å². The van der Waals surface area contributed by atoms with Gasteiger partial charge in [0, 0.05) is 16.0 Å². The molecule has 0 saturated heterocycles. The van der Waals surface area contributed by atoms with Crippen molar-refractivity contribution in [2.24, 2.45) is 0 Å². The zero-order valence-corrected chi connectivity index (χ0v) is 14.8. The quantitative estimate of drug-likeness (QED) is 0.446. The summed E-state index contributed by atoms with van der Waals surface area (Å²) in [7, 11) is 0. The lowest BCUT2D eigenvalue weighted by molar-refractivity contribution is 0.563. The zero-order chi connectivity index (χ0) is 15.1. The summed E-state index contributed by atoms with van der Waals surface area (Å²) in [6.07, 6.45) is 0. The number of aromatic nitrogens is 2. The monoisotopic (exact) mass is 424 g/mol. The summed E-state index contributed by atoms with van der Waals surface area (Å²) in [4.78, 5) is 8.75. The third-order valence-corrected chi connectivity index (χ3v) is 4.47. The average Bonchev–Trinajstić information content (AvgIpc) is 2.29. The van der Waals surface area contributed by atoms with E-state index in [1.807, 2.05) is 20.8 Å². The molecule has 2 nitrogen and oxygen atoms in total. The van der Waals surface area contributed by atoms with E-state index in [1.165, 1.54) is 12.1 Å². The number of hydrogen-bond donors (Lipinski definition) is 0. The topological polar surface area (TPSA) is 25.8 Å². The molecule has 1 aromatic heterocycles. The van der Waals surface area contributed by atoms with Crippen LogP contribution in [-0.2, 0) is 5.41 Å². The van der Waals surface area contributed by atoms with Gasteiger partial charge in [-0.05, 0) is 40.8 Å². The van der Waals surface area contributed by atoms with Crippen LogP contribution in [0.4, 0.5) is 4.39 Å². The highest BCUT2D eigenvalue weighted by atomic mass is 127. The van der Waals surface area contributed by atoms with E-state index in [9.17, 15) is 4.39 Å². The molecule has 0 spiro atoms. The zero-order valence-electron chi connectivity index (χ0n) is 11.1. The van der Waals surface area contributed by atoms with E-state index in [2.05, 4.69) is 32.6 Å². The molecule has 20 heavy (non-hydrogen) atoms. The molecule has 0 fully saturated rings. The minimum Gasteiger partial charge on any atom is -0.231 e. The Labute approximate surface area is 140 Å². The molecule has 1 aromatic carbocycles. The van der Waals surface area contributed by atoms with Crippen molar-refractivity contribution in [2.75, 3.05) is 0 Å². The first-order chi connectivity index (χ1) is 9.18. The van der Waals surface area contributed by atoms with E-state index in [0.29, 0.717) is 21.6 Å². The Bertz CT molecular complexity index is 649. The molecule has 0 radical (unpaired) electrons. The molecule has 1 heterocycles. The van der Waals surface area contributed by atoms with Crippen LogP contribution in [0.15, 0.2) is 18.2 Å². The number of hydrogen-bond acceptors (Lipinski definition) is 2. The average molecular weight is 425 g/mol. The summed E-state index contributed by atoms with van der Waals surface area (Å²) in [5.74, 6) is -0.0511.